The lowest BCUT2D eigenvalue weighted by molar-refractivity contribution is -0.132. The summed E-state index contributed by atoms with van der Waals surface area (Å²) in [5, 5.41) is 10.2. The summed E-state index contributed by atoms with van der Waals surface area (Å²) in [4.78, 5) is 0. The van der Waals surface area contributed by atoms with Crippen LogP contribution in [-0.4, -0.2) is 26.2 Å². The molecular weight excluding hydrogens is 279 g/mol. The molecule has 0 radical (unpaired) electrons. The number of nitrogens with one attached hydrogen (secondary N) is 1. The summed E-state index contributed by atoms with van der Waals surface area (Å²) >= 11 is 0.847. The molecule has 1 rings (SSSR count). The third-order valence-electron chi connectivity index (χ3n) is 1.78. The molecule has 0 aliphatic rings. The highest BCUT2D eigenvalue weighted by molar-refractivity contribution is 7.91. The van der Waals surface area contributed by atoms with Crippen molar-refractivity contribution in [1.29, 1.82) is 0 Å². The fourth-order valence-corrected chi connectivity index (χ4v) is 3.25. The van der Waals surface area contributed by atoms with Gasteiger partial charge in [0.1, 0.15) is 4.21 Å². The van der Waals surface area contributed by atoms with Gasteiger partial charge in [-0.3, -0.25) is 0 Å². The maximum atomic E-state index is 11.8. The molecule has 2 N–H and O–H groups in total. The molecule has 0 fully saturated rings. The lowest BCUT2D eigenvalue weighted by atomic mass is 10.4. The topological polar surface area (TPSA) is 66.4 Å². The van der Waals surface area contributed by atoms with Crippen molar-refractivity contribution >= 4 is 21.4 Å². The summed E-state index contributed by atoms with van der Waals surface area (Å²) in [7, 11) is -3.91. The molecule has 0 amide bonds. The maximum absolute atomic E-state index is 11.8. The van der Waals surface area contributed by atoms with Gasteiger partial charge < -0.3 is 5.11 Å². The maximum Gasteiger partial charge on any atom is 0.390 e. The highest BCUT2D eigenvalue weighted by atomic mass is 32.2. The summed E-state index contributed by atoms with van der Waals surface area (Å²) in [5.74, 6) is 0. The Bertz CT molecular complexity index is 467. The van der Waals surface area contributed by atoms with Crippen LogP contribution in [0.25, 0.3) is 0 Å². The number of hydrogen-bond acceptors (Lipinski definition) is 4. The summed E-state index contributed by atoms with van der Waals surface area (Å²) < 4.78 is 60.2. The third kappa shape index (κ3) is 4.62. The van der Waals surface area contributed by atoms with Crippen molar-refractivity contribution in [3.05, 3.63) is 17.0 Å². The molecule has 0 atom stereocenters. The molecular formula is C8H10F3NO3S2. The van der Waals surface area contributed by atoms with E-state index in [2.05, 4.69) is 0 Å². The predicted molar refractivity (Wildman–Crippen MR) is 56.1 cm³/mol. The first-order valence-electron chi connectivity index (χ1n) is 4.49. The van der Waals surface area contributed by atoms with E-state index < -0.39 is 29.2 Å². The van der Waals surface area contributed by atoms with Crippen molar-refractivity contribution in [2.45, 2.75) is 23.4 Å². The molecule has 0 saturated carbocycles. The highest BCUT2D eigenvalue weighted by Gasteiger charge is 2.27. The Morgan fingerprint density at radius 2 is 2.06 bits per heavy atom. The Hall–Kier alpha value is -0.640. The second-order valence-corrected chi connectivity index (χ2v) is 6.10. The van der Waals surface area contributed by atoms with Crippen molar-refractivity contribution in [3.63, 3.8) is 0 Å². The van der Waals surface area contributed by atoms with E-state index in [9.17, 15) is 21.6 Å². The first kappa shape index (κ1) is 14.4. The number of halogens is 3. The van der Waals surface area contributed by atoms with Gasteiger partial charge in [-0.15, -0.1) is 11.3 Å². The number of aliphatic hydroxyl groups excluding tert-OH is 1. The number of hydrogen-bond donors (Lipinski definition) is 2. The van der Waals surface area contributed by atoms with Crippen LogP contribution in [0, 0.1) is 0 Å². The molecule has 0 spiro atoms. The van der Waals surface area contributed by atoms with Gasteiger partial charge in [0.2, 0.25) is 10.0 Å². The third-order valence-corrected chi connectivity index (χ3v) is 4.73. The van der Waals surface area contributed by atoms with E-state index in [4.69, 9.17) is 5.11 Å². The quantitative estimate of drug-likeness (QED) is 0.862. The number of aliphatic hydroxyl groups is 1. The van der Waals surface area contributed by atoms with Crippen LogP contribution in [0.1, 0.15) is 12.0 Å². The second kappa shape index (κ2) is 5.34. The Morgan fingerprint density at radius 3 is 2.53 bits per heavy atom. The van der Waals surface area contributed by atoms with Crippen LogP contribution in [-0.2, 0) is 16.6 Å². The van der Waals surface area contributed by atoms with Crippen molar-refractivity contribution in [2.24, 2.45) is 0 Å². The highest BCUT2D eigenvalue weighted by Crippen LogP contribution is 2.21. The minimum Gasteiger partial charge on any atom is -0.392 e. The first-order valence-corrected chi connectivity index (χ1v) is 6.85. The van der Waals surface area contributed by atoms with Gasteiger partial charge in [-0.1, -0.05) is 0 Å². The van der Waals surface area contributed by atoms with E-state index in [1.165, 1.54) is 11.4 Å². The van der Waals surface area contributed by atoms with Gasteiger partial charge in [0.25, 0.3) is 0 Å². The second-order valence-electron chi connectivity index (χ2n) is 3.20. The molecule has 0 unspecified atom stereocenters. The molecule has 4 nitrogen and oxygen atoms in total. The SMILES string of the molecule is O=S(=O)(NCCC(F)(F)F)c1cc(CO)cs1. The zero-order valence-corrected chi connectivity index (χ0v) is 10.1. The van der Waals surface area contributed by atoms with Crippen molar-refractivity contribution < 1.29 is 26.7 Å². The van der Waals surface area contributed by atoms with Crippen LogP contribution in [0.3, 0.4) is 0 Å². The molecule has 0 bridgehead atoms. The van der Waals surface area contributed by atoms with E-state index in [1.807, 2.05) is 4.72 Å². The Morgan fingerprint density at radius 1 is 1.41 bits per heavy atom. The normalized spacial score (nSPS) is 12.9. The number of thiophene rings is 1. The lowest BCUT2D eigenvalue weighted by Crippen LogP contribution is -2.27. The van der Waals surface area contributed by atoms with E-state index in [0.29, 0.717) is 5.56 Å². The van der Waals surface area contributed by atoms with Crippen LogP contribution in [0.15, 0.2) is 15.7 Å². The first-order chi connectivity index (χ1) is 7.74. The zero-order chi connectivity index (χ0) is 13.1. The van der Waals surface area contributed by atoms with Crippen molar-refractivity contribution in [3.8, 4) is 0 Å². The van der Waals surface area contributed by atoms with Crippen LogP contribution in [0.2, 0.25) is 0 Å². The van der Waals surface area contributed by atoms with Gasteiger partial charge in [0, 0.05) is 6.54 Å². The Balaban J connectivity index is 2.63. The molecule has 0 saturated heterocycles. The number of rotatable bonds is 5. The van der Waals surface area contributed by atoms with Gasteiger partial charge in [-0.25, -0.2) is 13.1 Å². The largest absolute Gasteiger partial charge is 0.392 e. The molecule has 0 aromatic carbocycles. The van der Waals surface area contributed by atoms with E-state index in [1.54, 1.807) is 0 Å². The minimum atomic E-state index is -4.39. The Labute approximate surface area is 100 Å². The van der Waals surface area contributed by atoms with Gasteiger partial charge in [0.15, 0.2) is 0 Å². The molecule has 9 heteroatoms. The average molecular weight is 289 g/mol. The van der Waals surface area contributed by atoms with Crippen LogP contribution < -0.4 is 4.72 Å². The molecule has 0 aliphatic carbocycles. The van der Waals surface area contributed by atoms with E-state index in [0.717, 1.165) is 11.3 Å². The van der Waals surface area contributed by atoms with Crippen molar-refractivity contribution in [1.82, 2.24) is 4.72 Å². The molecule has 0 aliphatic heterocycles. The molecule has 1 heterocycles. The van der Waals surface area contributed by atoms with E-state index >= 15 is 0 Å². The van der Waals surface area contributed by atoms with Gasteiger partial charge in [-0.2, -0.15) is 13.2 Å². The Kier molecular flexibility index (Phi) is 4.53. The number of sulfonamides is 1. The summed E-state index contributed by atoms with van der Waals surface area (Å²) in [6, 6.07) is 1.22. The summed E-state index contributed by atoms with van der Waals surface area (Å²) in [6.45, 7) is -1.01. The lowest BCUT2D eigenvalue weighted by Gasteiger charge is -2.07. The molecule has 1 aromatic rings. The van der Waals surface area contributed by atoms with Crippen LogP contribution in [0.4, 0.5) is 13.2 Å². The smallest absolute Gasteiger partial charge is 0.390 e. The van der Waals surface area contributed by atoms with Crippen molar-refractivity contribution in [2.75, 3.05) is 6.54 Å². The summed E-state index contributed by atoms with van der Waals surface area (Å²) in [6.07, 6.45) is -5.61. The minimum absolute atomic E-state index is 0.108. The monoisotopic (exact) mass is 289 g/mol. The predicted octanol–water partition coefficient (Wildman–Crippen LogP) is 1.47. The molecule has 98 valence electrons. The van der Waals surface area contributed by atoms with Gasteiger partial charge >= 0.3 is 6.18 Å². The fraction of sp³-hybridized carbons (Fsp3) is 0.500. The standard InChI is InChI=1S/C8H10F3NO3S2/c9-8(10,11)1-2-12-17(14,15)7-3-6(4-13)5-16-7/h3,5,12-13H,1-2,4H2. The van der Waals surface area contributed by atoms with E-state index in [-0.39, 0.29) is 10.8 Å². The summed E-state index contributed by atoms with van der Waals surface area (Å²) in [5.41, 5.74) is 0.409. The van der Waals surface area contributed by atoms with Crippen LogP contribution >= 0.6 is 11.3 Å². The average Bonchev–Trinajstić information content (AvgIpc) is 2.63. The van der Waals surface area contributed by atoms with Crippen LogP contribution in [0.5, 0.6) is 0 Å². The van der Waals surface area contributed by atoms with Gasteiger partial charge in [0.05, 0.1) is 13.0 Å². The zero-order valence-electron chi connectivity index (χ0n) is 8.49. The molecule has 1 aromatic heterocycles. The molecule has 17 heavy (non-hydrogen) atoms. The van der Waals surface area contributed by atoms with Gasteiger partial charge in [-0.05, 0) is 17.0 Å². The fourth-order valence-electron chi connectivity index (χ4n) is 0.975. The number of alkyl halides is 3.